The van der Waals surface area contributed by atoms with Crippen molar-refractivity contribution in [1.82, 2.24) is 4.72 Å². The third-order valence-corrected chi connectivity index (χ3v) is 3.95. The third kappa shape index (κ3) is 2.78. The first-order valence-electron chi connectivity index (χ1n) is 5.47. The van der Waals surface area contributed by atoms with E-state index in [0.29, 0.717) is 5.76 Å². The van der Waals surface area contributed by atoms with Gasteiger partial charge in [0.1, 0.15) is 11.4 Å². The van der Waals surface area contributed by atoms with Gasteiger partial charge in [-0.1, -0.05) is 6.07 Å². The van der Waals surface area contributed by atoms with Crippen LogP contribution in [0, 0.1) is 10.1 Å². The minimum atomic E-state index is -4.07. The van der Waals surface area contributed by atoms with E-state index < -0.39 is 25.5 Å². The van der Waals surface area contributed by atoms with Crippen LogP contribution < -0.4 is 10.5 Å². The zero-order valence-corrected chi connectivity index (χ0v) is 11.0. The Labute approximate surface area is 114 Å². The molecule has 0 aliphatic carbocycles. The van der Waals surface area contributed by atoms with Gasteiger partial charge in [-0.25, -0.2) is 13.1 Å². The first-order chi connectivity index (χ1) is 9.42. The van der Waals surface area contributed by atoms with Crippen LogP contribution >= 0.6 is 0 Å². The van der Waals surface area contributed by atoms with Gasteiger partial charge < -0.3 is 10.2 Å². The zero-order chi connectivity index (χ0) is 14.8. The van der Waals surface area contributed by atoms with Gasteiger partial charge in [-0.15, -0.1) is 0 Å². The highest BCUT2D eigenvalue weighted by Gasteiger charge is 2.27. The number of benzene rings is 1. The van der Waals surface area contributed by atoms with E-state index in [1.165, 1.54) is 18.4 Å². The zero-order valence-electron chi connectivity index (χ0n) is 10.1. The summed E-state index contributed by atoms with van der Waals surface area (Å²) in [6, 6.07) is 6.91. The number of para-hydroxylation sites is 1. The Morgan fingerprint density at radius 2 is 2.05 bits per heavy atom. The lowest BCUT2D eigenvalue weighted by atomic mass is 10.3. The summed E-state index contributed by atoms with van der Waals surface area (Å²) in [5.41, 5.74) is 4.61. The molecule has 1 heterocycles. The molecule has 0 fully saturated rings. The minimum Gasteiger partial charge on any atom is -0.468 e. The maximum absolute atomic E-state index is 12.1. The molecule has 20 heavy (non-hydrogen) atoms. The molecule has 106 valence electrons. The molecule has 0 saturated carbocycles. The van der Waals surface area contributed by atoms with E-state index >= 15 is 0 Å². The van der Waals surface area contributed by atoms with Gasteiger partial charge in [-0.05, 0) is 24.3 Å². The van der Waals surface area contributed by atoms with Crippen molar-refractivity contribution in [1.29, 1.82) is 0 Å². The Morgan fingerprint density at radius 1 is 1.30 bits per heavy atom. The summed E-state index contributed by atoms with van der Waals surface area (Å²) >= 11 is 0. The van der Waals surface area contributed by atoms with Crippen LogP contribution in [0.5, 0.6) is 0 Å². The van der Waals surface area contributed by atoms with Crippen molar-refractivity contribution in [3.63, 3.8) is 0 Å². The van der Waals surface area contributed by atoms with E-state index in [1.54, 1.807) is 12.1 Å². The maximum atomic E-state index is 12.1. The molecule has 0 radical (unpaired) electrons. The molecule has 2 aromatic rings. The second-order valence-electron chi connectivity index (χ2n) is 3.86. The van der Waals surface area contributed by atoms with E-state index in [2.05, 4.69) is 4.72 Å². The van der Waals surface area contributed by atoms with E-state index in [-0.39, 0.29) is 12.2 Å². The average molecular weight is 297 g/mol. The Kier molecular flexibility index (Phi) is 3.72. The number of sulfonamides is 1. The topological polar surface area (TPSA) is 128 Å². The predicted octanol–water partition coefficient (Wildman–Crippen LogP) is 1.25. The average Bonchev–Trinajstić information content (AvgIpc) is 2.89. The van der Waals surface area contributed by atoms with Crippen molar-refractivity contribution in [2.24, 2.45) is 0 Å². The molecule has 0 saturated heterocycles. The van der Waals surface area contributed by atoms with Crippen molar-refractivity contribution in [2.45, 2.75) is 11.4 Å². The fourth-order valence-electron chi connectivity index (χ4n) is 1.61. The van der Waals surface area contributed by atoms with Crippen molar-refractivity contribution in [3.8, 4) is 0 Å². The summed E-state index contributed by atoms with van der Waals surface area (Å²) in [5.74, 6) is 0.389. The first-order valence-corrected chi connectivity index (χ1v) is 6.95. The summed E-state index contributed by atoms with van der Waals surface area (Å²) in [5, 5.41) is 10.9. The number of nitrogens with zero attached hydrogens (tertiary/aromatic N) is 1. The SMILES string of the molecule is Nc1cccc(S(=O)(=O)NCc2ccco2)c1[N+](=O)[O-]. The van der Waals surface area contributed by atoms with Crippen LogP contribution in [0.25, 0.3) is 0 Å². The van der Waals surface area contributed by atoms with Gasteiger partial charge >= 0.3 is 5.69 Å². The van der Waals surface area contributed by atoms with Crippen molar-refractivity contribution < 1.29 is 17.8 Å². The molecule has 0 spiro atoms. The quantitative estimate of drug-likeness (QED) is 0.485. The van der Waals surface area contributed by atoms with Crippen LogP contribution in [-0.2, 0) is 16.6 Å². The second-order valence-corrected chi connectivity index (χ2v) is 5.59. The van der Waals surface area contributed by atoms with Gasteiger partial charge in [0, 0.05) is 0 Å². The molecule has 1 aromatic heterocycles. The number of nitrogen functional groups attached to an aromatic ring is 1. The Balaban J connectivity index is 2.34. The Hall–Kier alpha value is -2.39. The van der Waals surface area contributed by atoms with Crippen molar-refractivity contribution in [2.75, 3.05) is 5.73 Å². The van der Waals surface area contributed by atoms with E-state index in [9.17, 15) is 18.5 Å². The standard InChI is InChI=1S/C11H11N3O5S/c12-9-4-1-5-10(11(9)14(15)16)20(17,18)13-7-8-3-2-6-19-8/h1-6,13H,7,12H2. The summed E-state index contributed by atoms with van der Waals surface area (Å²) in [4.78, 5) is 9.64. The molecular formula is C11H11N3O5S. The normalized spacial score (nSPS) is 11.4. The third-order valence-electron chi connectivity index (χ3n) is 2.52. The highest BCUT2D eigenvalue weighted by Crippen LogP contribution is 2.29. The smallest absolute Gasteiger partial charge is 0.312 e. The largest absolute Gasteiger partial charge is 0.468 e. The summed E-state index contributed by atoms with van der Waals surface area (Å²) in [7, 11) is -4.07. The van der Waals surface area contributed by atoms with Crippen LogP contribution in [0.15, 0.2) is 45.9 Å². The molecule has 0 bridgehead atoms. The maximum Gasteiger partial charge on any atom is 0.312 e. The van der Waals surface area contributed by atoms with Crippen LogP contribution in [0.3, 0.4) is 0 Å². The number of nitro benzene ring substituents is 1. The summed E-state index contributed by atoms with van der Waals surface area (Å²) in [6.45, 7) is -0.110. The van der Waals surface area contributed by atoms with Gasteiger partial charge in [0.25, 0.3) is 0 Å². The number of rotatable bonds is 5. The van der Waals surface area contributed by atoms with E-state index in [1.807, 2.05) is 0 Å². The molecule has 3 N–H and O–H groups in total. The van der Waals surface area contributed by atoms with Gasteiger partial charge in [-0.2, -0.15) is 0 Å². The molecule has 0 aliphatic rings. The van der Waals surface area contributed by atoms with E-state index in [4.69, 9.17) is 10.2 Å². The molecule has 8 nitrogen and oxygen atoms in total. The molecule has 9 heteroatoms. The van der Waals surface area contributed by atoms with Crippen LogP contribution in [-0.4, -0.2) is 13.3 Å². The lowest BCUT2D eigenvalue weighted by molar-refractivity contribution is -0.386. The lowest BCUT2D eigenvalue weighted by Crippen LogP contribution is -2.24. The van der Waals surface area contributed by atoms with Gasteiger partial charge in [-0.3, -0.25) is 10.1 Å². The lowest BCUT2D eigenvalue weighted by Gasteiger charge is -2.07. The Morgan fingerprint density at radius 3 is 2.65 bits per heavy atom. The fraction of sp³-hybridized carbons (Fsp3) is 0.0909. The molecule has 2 rings (SSSR count). The minimum absolute atomic E-state index is 0.110. The summed E-state index contributed by atoms with van der Waals surface area (Å²) in [6.07, 6.45) is 1.40. The number of anilines is 1. The first kappa shape index (κ1) is 14.0. The van der Waals surface area contributed by atoms with E-state index in [0.717, 1.165) is 6.07 Å². The molecule has 0 amide bonds. The predicted molar refractivity (Wildman–Crippen MR) is 70.2 cm³/mol. The van der Waals surface area contributed by atoms with Gasteiger partial charge in [0.05, 0.1) is 17.7 Å². The molecule has 0 atom stereocenters. The van der Waals surface area contributed by atoms with Crippen molar-refractivity contribution >= 4 is 21.4 Å². The number of nitro groups is 1. The number of hydrogen-bond acceptors (Lipinski definition) is 6. The molecule has 1 aromatic carbocycles. The Bertz CT molecular complexity index is 725. The van der Waals surface area contributed by atoms with Crippen molar-refractivity contribution in [3.05, 3.63) is 52.5 Å². The monoisotopic (exact) mass is 297 g/mol. The number of nitrogens with two attached hydrogens (primary N) is 1. The van der Waals surface area contributed by atoms with Crippen LogP contribution in [0.1, 0.15) is 5.76 Å². The molecule has 0 unspecified atom stereocenters. The van der Waals surface area contributed by atoms with Gasteiger partial charge in [0.2, 0.25) is 10.0 Å². The highest BCUT2D eigenvalue weighted by atomic mass is 32.2. The molecular weight excluding hydrogens is 286 g/mol. The van der Waals surface area contributed by atoms with Gasteiger partial charge in [0.15, 0.2) is 4.90 Å². The molecule has 0 aliphatic heterocycles. The highest BCUT2D eigenvalue weighted by molar-refractivity contribution is 7.89. The number of furan rings is 1. The van der Waals surface area contributed by atoms with Crippen LogP contribution in [0.2, 0.25) is 0 Å². The van der Waals surface area contributed by atoms with Crippen LogP contribution in [0.4, 0.5) is 11.4 Å². The number of hydrogen-bond donors (Lipinski definition) is 2. The fourth-order valence-corrected chi connectivity index (χ4v) is 2.80. The summed E-state index contributed by atoms with van der Waals surface area (Å²) < 4.78 is 31.4. The second kappa shape index (κ2) is 5.31. The number of nitrogens with one attached hydrogen (secondary N) is 1.